The Bertz CT molecular complexity index is 486. The van der Waals surface area contributed by atoms with Gasteiger partial charge in [0.05, 0.1) is 0 Å². The van der Waals surface area contributed by atoms with Gasteiger partial charge in [0, 0.05) is 10.0 Å². The lowest BCUT2D eigenvalue weighted by atomic mass is 9.96. The lowest BCUT2D eigenvalue weighted by Gasteiger charge is -2.06. The Kier molecular flexibility index (Phi) is 2.64. The van der Waals surface area contributed by atoms with Crippen molar-refractivity contribution in [2.24, 2.45) is 0 Å². The molecule has 0 saturated heterocycles. The van der Waals surface area contributed by atoms with E-state index in [4.69, 9.17) is 0 Å². The third-order valence-electron chi connectivity index (χ3n) is 2.11. The zero-order chi connectivity index (χ0) is 10.8. The molecule has 0 aromatic heterocycles. The van der Waals surface area contributed by atoms with E-state index >= 15 is 0 Å². The van der Waals surface area contributed by atoms with Gasteiger partial charge in [0.2, 0.25) is 0 Å². The summed E-state index contributed by atoms with van der Waals surface area (Å²) in [5, 5.41) is 0. The predicted molar refractivity (Wildman–Crippen MR) is 62.4 cm³/mol. The Hall–Kier alpha value is -1.48. The topological polar surface area (TPSA) is 34.1 Å². The van der Waals surface area contributed by atoms with Crippen LogP contribution in [0.3, 0.4) is 0 Å². The fourth-order valence-corrected chi connectivity index (χ4v) is 1.63. The van der Waals surface area contributed by atoms with Gasteiger partial charge in [-0.2, -0.15) is 0 Å². The molecule has 0 saturated carbocycles. The van der Waals surface area contributed by atoms with Gasteiger partial charge in [-0.25, -0.2) is 0 Å². The fraction of sp³-hybridized carbons (Fsp3) is 0. The quantitative estimate of drug-likeness (QED) is 0.731. The summed E-state index contributed by atoms with van der Waals surface area (Å²) < 4.78 is 0.942. The number of benzene rings is 1. The number of hydrogen-bond acceptors (Lipinski definition) is 2. The summed E-state index contributed by atoms with van der Waals surface area (Å²) >= 11 is 3.31. The van der Waals surface area contributed by atoms with E-state index in [0.717, 1.165) is 10.0 Å². The molecular formula is C12H8BrO2+. The molecule has 0 atom stereocenters. The lowest BCUT2D eigenvalue weighted by Crippen LogP contribution is -2.06. The molecule has 1 aliphatic rings. The van der Waals surface area contributed by atoms with Crippen molar-refractivity contribution in [2.45, 2.75) is 0 Å². The van der Waals surface area contributed by atoms with Crippen LogP contribution in [0.2, 0.25) is 0 Å². The van der Waals surface area contributed by atoms with Gasteiger partial charge in [-0.1, -0.05) is 28.1 Å². The standard InChI is InChI=1S/C12H7BrO2/c13-9-3-1-8(2-4-9)11-7-10(14)5-6-12(11)15/h1-7H/p+1. The molecular weight excluding hydrogens is 256 g/mol. The van der Waals surface area contributed by atoms with Crippen LogP contribution in [0.5, 0.6) is 0 Å². The first kappa shape index (κ1) is 10.1. The Morgan fingerprint density at radius 2 is 1.67 bits per heavy atom. The minimum Gasteiger partial charge on any atom is -0.290 e. The molecule has 0 aliphatic heterocycles. The van der Waals surface area contributed by atoms with Crippen molar-refractivity contribution in [2.75, 3.05) is 0 Å². The number of rotatable bonds is 1. The molecule has 2 nitrogen and oxygen atoms in total. The average Bonchev–Trinajstić information content (AvgIpc) is 2.23. The van der Waals surface area contributed by atoms with Crippen LogP contribution < -0.4 is 0 Å². The first-order valence-corrected chi connectivity index (χ1v) is 5.20. The van der Waals surface area contributed by atoms with Gasteiger partial charge in [0.15, 0.2) is 11.6 Å². The molecule has 0 radical (unpaired) electrons. The molecule has 0 N–H and O–H groups in total. The van der Waals surface area contributed by atoms with Gasteiger partial charge in [-0.3, -0.25) is 9.59 Å². The van der Waals surface area contributed by atoms with Crippen LogP contribution >= 0.6 is 15.9 Å². The van der Waals surface area contributed by atoms with Crippen LogP contribution in [0.15, 0.2) is 47.0 Å². The number of halogens is 1. The van der Waals surface area contributed by atoms with E-state index in [2.05, 4.69) is 15.9 Å². The van der Waals surface area contributed by atoms with Crippen LogP contribution in [0.1, 0.15) is 6.99 Å². The third kappa shape index (κ3) is 2.13. The van der Waals surface area contributed by atoms with Crippen molar-refractivity contribution in [3.8, 4) is 0 Å². The molecule has 0 heterocycles. The molecule has 0 fully saturated rings. The van der Waals surface area contributed by atoms with Crippen molar-refractivity contribution < 1.29 is 11.0 Å². The monoisotopic (exact) mass is 263 g/mol. The van der Waals surface area contributed by atoms with Gasteiger partial charge in [-0.15, -0.1) is 0 Å². The molecule has 0 amide bonds. The highest BCUT2D eigenvalue weighted by molar-refractivity contribution is 9.10. The smallest absolute Gasteiger partial charge is 0.290 e. The number of allylic oxidation sites excluding steroid dienone is 4. The number of ketones is 2. The Morgan fingerprint density at radius 1 is 1.00 bits per heavy atom. The Morgan fingerprint density at radius 3 is 2.33 bits per heavy atom. The summed E-state index contributed by atoms with van der Waals surface area (Å²) in [6, 6.07) is 7.29. The van der Waals surface area contributed by atoms with Gasteiger partial charge in [-0.05, 0) is 35.9 Å². The van der Waals surface area contributed by atoms with Crippen molar-refractivity contribution in [3.63, 3.8) is 0 Å². The molecule has 0 bridgehead atoms. The molecule has 3 heteroatoms. The second kappa shape index (κ2) is 3.95. The van der Waals surface area contributed by atoms with Crippen molar-refractivity contribution in [3.05, 3.63) is 52.5 Å². The second-order valence-electron chi connectivity index (χ2n) is 3.16. The predicted octanol–water partition coefficient (Wildman–Crippen LogP) is 2.65. The minimum absolute atomic E-state index is 0. The lowest BCUT2D eigenvalue weighted by molar-refractivity contribution is -0.113. The summed E-state index contributed by atoms with van der Waals surface area (Å²) in [5.74, 6) is -0.274. The second-order valence-corrected chi connectivity index (χ2v) is 4.08. The fourth-order valence-electron chi connectivity index (χ4n) is 1.36. The molecule has 2 rings (SSSR count). The Balaban J connectivity index is 0.00000128. The van der Waals surface area contributed by atoms with E-state index in [-0.39, 0.29) is 13.0 Å². The van der Waals surface area contributed by atoms with Gasteiger partial charge in [0.1, 0.15) is 0 Å². The van der Waals surface area contributed by atoms with E-state index in [1.165, 1.54) is 18.2 Å². The zero-order valence-electron chi connectivity index (χ0n) is 8.74. The van der Waals surface area contributed by atoms with Crippen molar-refractivity contribution >= 4 is 33.1 Å². The summed E-state index contributed by atoms with van der Waals surface area (Å²) in [6.07, 6.45) is 3.95. The molecule has 15 heavy (non-hydrogen) atoms. The largest absolute Gasteiger partial charge is 1.00 e. The third-order valence-corrected chi connectivity index (χ3v) is 2.63. The summed E-state index contributed by atoms with van der Waals surface area (Å²) in [5.41, 5.74) is 1.22. The number of carbonyl (C=O) groups excluding carboxylic acids is 2. The summed E-state index contributed by atoms with van der Waals surface area (Å²) in [6.45, 7) is 0. The van der Waals surface area contributed by atoms with E-state index in [1.54, 1.807) is 12.1 Å². The minimum atomic E-state index is -0.146. The highest BCUT2D eigenvalue weighted by Crippen LogP contribution is 2.21. The van der Waals surface area contributed by atoms with Crippen molar-refractivity contribution in [1.82, 2.24) is 0 Å². The maximum absolute atomic E-state index is 11.5. The number of hydrogen-bond donors (Lipinski definition) is 0. The molecule has 1 aromatic carbocycles. The first-order chi connectivity index (χ1) is 7.16. The van der Waals surface area contributed by atoms with Crippen molar-refractivity contribution in [1.29, 1.82) is 0 Å². The van der Waals surface area contributed by atoms with Crippen LogP contribution in [-0.2, 0) is 9.59 Å². The molecule has 1 aromatic rings. The van der Waals surface area contributed by atoms with Crippen LogP contribution in [0.25, 0.3) is 5.57 Å². The molecule has 1 aliphatic carbocycles. The van der Waals surface area contributed by atoms with Gasteiger partial charge < -0.3 is 0 Å². The van der Waals surface area contributed by atoms with Crippen LogP contribution in [-0.4, -0.2) is 11.6 Å². The van der Waals surface area contributed by atoms with E-state index in [9.17, 15) is 9.59 Å². The average molecular weight is 264 g/mol. The van der Waals surface area contributed by atoms with E-state index in [0.29, 0.717) is 5.57 Å². The molecule has 74 valence electrons. The SMILES string of the molecule is O=C1C=CC(=O)C(c2ccc(Br)cc2)=C1.[H+]. The van der Waals surface area contributed by atoms with E-state index in [1.807, 2.05) is 12.1 Å². The summed E-state index contributed by atoms with van der Waals surface area (Å²) in [4.78, 5) is 22.6. The van der Waals surface area contributed by atoms with Crippen LogP contribution in [0.4, 0.5) is 0 Å². The molecule has 0 spiro atoms. The summed E-state index contributed by atoms with van der Waals surface area (Å²) in [7, 11) is 0. The Labute approximate surface area is 96.9 Å². The zero-order valence-corrected chi connectivity index (χ0v) is 9.32. The highest BCUT2D eigenvalue weighted by Gasteiger charge is 2.14. The molecule has 0 unspecified atom stereocenters. The van der Waals surface area contributed by atoms with Crippen LogP contribution in [0, 0.1) is 0 Å². The highest BCUT2D eigenvalue weighted by atomic mass is 79.9. The van der Waals surface area contributed by atoms with Gasteiger partial charge >= 0.3 is 1.43 Å². The maximum atomic E-state index is 11.5. The normalized spacial score (nSPS) is 15.4. The first-order valence-electron chi connectivity index (χ1n) is 4.41. The number of carbonyl (C=O) groups is 2. The van der Waals surface area contributed by atoms with Gasteiger partial charge in [0.25, 0.3) is 0 Å². The maximum Gasteiger partial charge on any atom is 1.00 e. The van der Waals surface area contributed by atoms with E-state index < -0.39 is 0 Å².